The highest BCUT2D eigenvalue weighted by molar-refractivity contribution is 7.90. The molecule has 0 spiro atoms. The van der Waals surface area contributed by atoms with Gasteiger partial charge in [0.2, 0.25) is 26.8 Å². The molecule has 0 aliphatic carbocycles. The van der Waals surface area contributed by atoms with Gasteiger partial charge < -0.3 is 14.2 Å². The number of imide groups is 2. The summed E-state index contributed by atoms with van der Waals surface area (Å²) < 4.78 is 41.0. The Morgan fingerprint density at radius 1 is 0.879 bits per heavy atom. The number of benzene rings is 4. The van der Waals surface area contributed by atoms with Crippen molar-refractivity contribution in [2.24, 2.45) is 0 Å². The van der Waals surface area contributed by atoms with E-state index in [2.05, 4.69) is 21.4 Å². The Morgan fingerprint density at radius 2 is 1.59 bits per heavy atom. The van der Waals surface area contributed by atoms with Crippen LogP contribution in [-0.2, 0) is 29.6 Å². The molecule has 4 amide bonds. The molecule has 14 nitrogen and oxygen atoms in total. The second kappa shape index (κ2) is 16.0. The number of halogens is 1. The van der Waals surface area contributed by atoms with Crippen molar-refractivity contribution in [3.05, 3.63) is 112 Å². The maximum atomic E-state index is 13.1. The molecule has 2 aliphatic rings. The zero-order valence-electron chi connectivity index (χ0n) is 31.6. The second-order valence-corrected chi connectivity index (χ2v) is 16.6. The number of ether oxygens (including phenoxy) is 3. The first-order valence-corrected chi connectivity index (χ1v) is 20.4. The summed E-state index contributed by atoms with van der Waals surface area (Å²) >= 11 is 6.69. The molecular weight excluding hydrogens is 786 g/mol. The highest BCUT2D eigenvalue weighted by Crippen LogP contribution is 2.39. The van der Waals surface area contributed by atoms with E-state index in [1.54, 1.807) is 24.3 Å². The maximum absolute atomic E-state index is 13.1. The zero-order valence-corrected chi connectivity index (χ0v) is 33.1. The number of nitriles is 1. The first-order chi connectivity index (χ1) is 27.6. The molecular formula is C42H36ClN5O9S. The summed E-state index contributed by atoms with van der Waals surface area (Å²) in [6, 6.07) is 22.7. The molecule has 5 aromatic rings. The van der Waals surface area contributed by atoms with Gasteiger partial charge in [-0.1, -0.05) is 55.8 Å². The Balaban J connectivity index is 0.917. The van der Waals surface area contributed by atoms with Crippen LogP contribution >= 0.6 is 11.6 Å². The minimum Gasteiger partial charge on any atom is -0.491 e. The Kier molecular flexibility index (Phi) is 11.0. The van der Waals surface area contributed by atoms with Gasteiger partial charge in [-0.3, -0.25) is 29.4 Å². The van der Waals surface area contributed by atoms with Crippen molar-refractivity contribution in [1.82, 2.24) is 20.2 Å². The lowest BCUT2D eigenvalue weighted by atomic mass is 9.77. The van der Waals surface area contributed by atoms with Crippen LogP contribution in [-0.4, -0.2) is 85.6 Å². The molecule has 0 saturated carbocycles. The van der Waals surface area contributed by atoms with Gasteiger partial charge in [-0.25, -0.2) is 18.4 Å². The van der Waals surface area contributed by atoms with Gasteiger partial charge in [-0.15, -0.1) is 0 Å². The summed E-state index contributed by atoms with van der Waals surface area (Å²) in [6.07, 6.45) is 2.68. The molecule has 16 heteroatoms. The summed E-state index contributed by atoms with van der Waals surface area (Å²) in [5.41, 5.74) is 4.19. The van der Waals surface area contributed by atoms with Crippen LogP contribution in [0.4, 0.5) is 0 Å². The van der Waals surface area contributed by atoms with Crippen LogP contribution in [0.15, 0.2) is 84.1 Å². The highest BCUT2D eigenvalue weighted by Gasteiger charge is 2.44. The van der Waals surface area contributed by atoms with E-state index in [0.29, 0.717) is 16.7 Å². The number of aromatic nitrogens is 2. The Labute approximate surface area is 338 Å². The third kappa shape index (κ3) is 7.99. The number of fused-ring (bicyclic) bond motifs is 2. The molecule has 296 valence electrons. The van der Waals surface area contributed by atoms with E-state index in [1.165, 1.54) is 18.3 Å². The predicted molar refractivity (Wildman–Crippen MR) is 211 cm³/mol. The molecule has 1 atom stereocenters. The predicted octanol–water partition coefficient (Wildman–Crippen LogP) is 5.43. The average molecular weight is 822 g/mol. The number of nitrogens with zero attached hydrogens (tertiary/aromatic N) is 4. The minimum absolute atomic E-state index is 0.0334. The van der Waals surface area contributed by atoms with Crippen LogP contribution in [0.2, 0.25) is 5.02 Å². The number of hydrogen-bond acceptors (Lipinski definition) is 12. The fourth-order valence-corrected chi connectivity index (χ4v) is 7.65. The molecule has 0 bridgehead atoms. The number of sulfone groups is 1. The van der Waals surface area contributed by atoms with Gasteiger partial charge in [0.15, 0.2) is 5.75 Å². The maximum Gasteiger partial charge on any atom is 0.262 e. The van der Waals surface area contributed by atoms with Gasteiger partial charge in [0.05, 0.1) is 40.4 Å². The molecule has 1 fully saturated rings. The van der Waals surface area contributed by atoms with Crippen molar-refractivity contribution in [1.29, 1.82) is 5.26 Å². The van der Waals surface area contributed by atoms with Crippen LogP contribution in [0.25, 0.3) is 22.0 Å². The lowest BCUT2D eigenvalue weighted by Gasteiger charge is -2.27. The Bertz CT molecular complexity index is 2660. The second-order valence-electron chi connectivity index (χ2n) is 14.3. The molecule has 1 N–H and O–H groups in total. The SMILES string of the molecule is CC(C)(c1ccc(-c2ccc3nc(S(C)(=O)=O)ncc3c2)cc1)c1cc(Cl)c(OCCOCCOc2ccc3c(c2)C(=O)N(C2CCC(=O)NC2=O)C3=O)c(C#N)c1. The number of rotatable bonds is 13. The number of carbonyl (C=O) groups excluding carboxylic acids is 4. The van der Waals surface area contributed by atoms with Crippen LogP contribution in [0.3, 0.4) is 0 Å². The van der Waals surface area contributed by atoms with Gasteiger partial charge >= 0.3 is 0 Å². The smallest absolute Gasteiger partial charge is 0.262 e. The molecule has 1 unspecified atom stereocenters. The molecule has 1 saturated heterocycles. The summed E-state index contributed by atoms with van der Waals surface area (Å²) in [4.78, 5) is 58.9. The van der Waals surface area contributed by atoms with Gasteiger partial charge in [0.1, 0.15) is 31.1 Å². The van der Waals surface area contributed by atoms with Crippen molar-refractivity contribution in [3.63, 3.8) is 0 Å². The van der Waals surface area contributed by atoms with Crippen LogP contribution in [0, 0.1) is 11.3 Å². The Morgan fingerprint density at radius 3 is 2.29 bits per heavy atom. The van der Waals surface area contributed by atoms with E-state index in [9.17, 15) is 32.9 Å². The van der Waals surface area contributed by atoms with Crippen LogP contribution in [0.5, 0.6) is 11.5 Å². The quantitative estimate of drug-likeness (QED) is 0.0901. The lowest BCUT2D eigenvalue weighted by molar-refractivity contribution is -0.136. The first-order valence-electron chi connectivity index (χ1n) is 18.2. The van der Waals surface area contributed by atoms with Gasteiger partial charge in [-0.05, 0) is 71.1 Å². The van der Waals surface area contributed by atoms with E-state index < -0.39 is 44.9 Å². The van der Waals surface area contributed by atoms with Crippen molar-refractivity contribution >= 4 is 56.0 Å². The van der Waals surface area contributed by atoms with E-state index >= 15 is 0 Å². The average Bonchev–Trinajstić information content (AvgIpc) is 3.44. The minimum atomic E-state index is -3.52. The number of hydrogen-bond donors (Lipinski definition) is 1. The van der Waals surface area contributed by atoms with Crippen LogP contribution < -0.4 is 14.8 Å². The monoisotopic (exact) mass is 821 g/mol. The molecule has 58 heavy (non-hydrogen) atoms. The normalized spacial score (nSPS) is 15.6. The van der Waals surface area contributed by atoms with E-state index in [1.807, 2.05) is 50.2 Å². The molecule has 4 aromatic carbocycles. The standard InChI is InChI=1S/C42H36ClN5O9S/c1-42(2,28-7-4-24(5-8-28)25-6-11-34-27(18-25)23-45-41(46-34)58(3,53)54)29-19-26(22-44)37(33(43)20-29)57-17-15-55-14-16-56-30-9-10-31-32(21-30)40(52)48(39(31)51)35-12-13-36(49)47-38(35)50/h4-11,18-21,23,35H,12-17H2,1-3H3,(H,47,49,50). The van der Waals surface area contributed by atoms with Gasteiger partial charge in [-0.2, -0.15) is 5.26 Å². The number of nitrogens with one attached hydrogen (secondary N) is 1. The molecule has 0 radical (unpaired) electrons. The summed E-state index contributed by atoms with van der Waals surface area (Å²) in [7, 11) is -3.52. The van der Waals surface area contributed by atoms with Crippen molar-refractivity contribution in [3.8, 4) is 28.7 Å². The largest absolute Gasteiger partial charge is 0.491 e. The van der Waals surface area contributed by atoms with Crippen LogP contribution in [0.1, 0.15) is 64.1 Å². The van der Waals surface area contributed by atoms with E-state index in [0.717, 1.165) is 33.4 Å². The summed E-state index contributed by atoms with van der Waals surface area (Å²) in [5.74, 6) is -1.77. The third-order valence-electron chi connectivity index (χ3n) is 10.1. The lowest BCUT2D eigenvalue weighted by Crippen LogP contribution is -2.54. The highest BCUT2D eigenvalue weighted by atomic mass is 35.5. The first kappa shape index (κ1) is 40.0. The van der Waals surface area contributed by atoms with E-state index in [-0.39, 0.29) is 71.9 Å². The summed E-state index contributed by atoms with van der Waals surface area (Å²) in [6.45, 7) is 4.63. The number of carbonyl (C=O) groups is 4. The molecule has 3 heterocycles. The molecule has 7 rings (SSSR count). The van der Waals surface area contributed by atoms with E-state index in [4.69, 9.17) is 25.8 Å². The van der Waals surface area contributed by atoms with Crippen molar-refractivity contribution in [2.75, 3.05) is 32.7 Å². The fraction of sp³-hybridized carbons (Fsp3) is 0.262. The molecule has 1 aromatic heterocycles. The molecule has 2 aliphatic heterocycles. The van der Waals surface area contributed by atoms with Crippen molar-refractivity contribution < 1.29 is 41.8 Å². The third-order valence-corrected chi connectivity index (χ3v) is 11.2. The van der Waals surface area contributed by atoms with Crippen molar-refractivity contribution in [2.45, 2.75) is 43.3 Å². The fourth-order valence-electron chi connectivity index (χ4n) is 6.87. The topological polar surface area (TPSA) is 195 Å². The summed E-state index contributed by atoms with van der Waals surface area (Å²) in [5, 5.41) is 13.0. The van der Waals surface area contributed by atoms with Gasteiger partial charge in [0, 0.05) is 29.7 Å². The Hall–Kier alpha value is -6.21. The number of amides is 4. The zero-order chi connectivity index (χ0) is 41.4. The van der Waals surface area contributed by atoms with Gasteiger partial charge in [0.25, 0.3) is 11.8 Å². The number of piperidine rings is 1.